The van der Waals surface area contributed by atoms with Crippen LogP contribution < -0.4 is 0 Å². The fraction of sp³-hybridized carbons (Fsp3) is 0.353. The monoisotopic (exact) mass is 339 g/mol. The van der Waals surface area contributed by atoms with Gasteiger partial charge in [0.05, 0.1) is 5.56 Å². The van der Waals surface area contributed by atoms with E-state index in [0.29, 0.717) is 54.9 Å². The number of methoxy groups -OCH3 is 1. The third-order valence-electron chi connectivity index (χ3n) is 4.32. The molecule has 1 aliphatic rings. The van der Waals surface area contributed by atoms with Gasteiger partial charge in [0.2, 0.25) is 5.82 Å². The summed E-state index contributed by atoms with van der Waals surface area (Å²) in [5.41, 5.74) is 0.798. The minimum Gasteiger partial charge on any atom is -0.381 e. The minimum absolute atomic E-state index is 0.366. The summed E-state index contributed by atoms with van der Waals surface area (Å²) in [5.74, 6) is 1.44. The van der Waals surface area contributed by atoms with Crippen LogP contribution in [0.4, 0.5) is 0 Å². The van der Waals surface area contributed by atoms with Crippen molar-refractivity contribution in [2.45, 2.75) is 18.4 Å². The topological polar surface area (TPSA) is 96.1 Å². The average molecular weight is 339 g/mol. The average Bonchev–Trinajstić information content (AvgIpc) is 3.20. The lowest BCUT2D eigenvalue weighted by Crippen LogP contribution is -2.36. The van der Waals surface area contributed by atoms with E-state index >= 15 is 0 Å². The first kappa shape index (κ1) is 15.8. The van der Waals surface area contributed by atoms with Gasteiger partial charge in [-0.2, -0.15) is 4.98 Å². The standard InChI is InChI=1S/C17H17N5O3/c1-23-17(5-8-24-9-6-17)16-21-15(25-22-16)12-10-19-14(20-11-12)13-4-2-3-7-18-13/h2-4,7,10-11H,5-6,8-9H2,1H3. The van der Waals surface area contributed by atoms with E-state index in [1.54, 1.807) is 25.7 Å². The Morgan fingerprint density at radius 1 is 1.08 bits per heavy atom. The summed E-state index contributed by atoms with van der Waals surface area (Å²) in [6.45, 7) is 1.22. The molecule has 4 rings (SSSR count). The van der Waals surface area contributed by atoms with Crippen LogP contribution in [0.25, 0.3) is 23.0 Å². The zero-order valence-electron chi connectivity index (χ0n) is 13.8. The Bertz CT molecular complexity index is 829. The van der Waals surface area contributed by atoms with Crippen LogP contribution in [0.1, 0.15) is 18.7 Å². The Hall–Kier alpha value is -2.71. The van der Waals surface area contributed by atoms with Crippen LogP contribution in [-0.2, 0) is 15.1 Å². The number of pyridine rings is 1. The third-order valence-corrected chi connectivity index (χ3v) is 4.32. The lowest BCUT2D eigenvalue weighted by Gasteiger charge is -2.32. The van der Waals surface area contributed by atoms with Crippen molar-refractivity contribution in [3.63, 3.8) is 0 Å². The molecular formula is C17H17N5O3. The zero-order chi connectivity index (χ0) is 17.1. The molecule has 0 unspecified atom stereocenters. The molecule has 8 heteroatoms. The molecule has 128 valence electrons. The second-order valence-electron chi connectivity index (χ2n) is 5.74. The summed E-state index contributed by atoms with van der Waals surface area (Å²) in [7, 11) is 1.66. The van der Waals surface area contributed by atoms with Gasteiger partial charge in [0.1, 0.15) is 11.3 Å². The van der Waals surface area contributed by atoms with Gasteiger partial charge in [-0.15, -0.1) is 0 Å². The van der Waals surface area contributed by atoms with Crippen LogP contribution in [0.2, 0.25) is 0 Å². The Morgan fingerprint density at radius 3 is 2.56 bits per heavy atom. The largest absolute Gasteiger partial charge is 0.381 e. The highest BCUT2D eigenvalue weighted by molar-refractivity contribution is 5.54. The van der Waals surface area contributed by atoms with Crippen molar-refractivity contribution in [1.82, 2.24) is 25.1 Å². The second kappa shape index (κ2) is 6.66. The lowest BCUT2D eigenvalue weighted by atomic mass is 9.93. The van der Waals surface area contributed by atoms with E-state index in [9.17, 15) is 0 Å². The zero-order valence-corrected chi connectivity index (χ0v) is 13.8. The highest BCUT2D eigenvalue weighted by atomic mass is 16.5. The van der Waals surface area contributed by atoms with Crippen molar-refractivity contribution >= 4 is 0 Å². The molecule has 0 aromatic carbocycles. The van der Waals surface area contributed by atoms with Crippen LogP contribution in [0.5, 0.6) is 0 Å². The summed E-state index contributed by atoms with van der Waals surface area (Å²) in [5, 5.41) is 4.11. The number of hydrogen-bond acceptors (Lipinski definition) is 8. The molecule has 25 heavy (non-hydrogen) atoms. The second-order valence-corrected chi connectivity index (χ2v) is 5.74. The predicted octanol–water partition coefficient (Wildman–Crippen LogP) is 2.24. The SMILES string of the molecule is COC1(c2noc(-c3cnc(-c4ccccn4)nc3)n2)CCOCC1. The quantitative estimate of drug-likeness (QED) is 0.714. The van der Waals surface area contributed by atoms with Gasteiger partial charge >= 0.3 is 0 Å². The van der Waals surface area contributed by atoms with Gasteiger partial charge in [-0.25, -0.2) is 9.97 Å². The van der Waals surface area contributed by atoms with Gasteiger partial charge in [0.15, 0.2) is 5.82 Å². The minimum atomic E-state index is -0.561. The van der Waals surface area contributed by atoms with Gasteiger partial charge in [-0.3, -0.25) is 4.98 Å². The van der Waals surface area contributed by atoms with Gasteiger partial charge in [0, 0.05) is 51.8 Å². The fourth-order valence-electron chi connectivity index (χ4n) is 2.81. The summed E-state index contributed by atoms with van der Waals surface area (Å²) < 4.78 is 16.5. The van der Waals surface area contributed by atoms with Crippen molar-refractivity contribution in [1.29, 1.82) is 0 Å². The molecule has 0 atom stereocenters. The van der Waals surface area contributed by atoms with Gasteiger partial charge in [0.25, 0.3) is 5.89 Å². The highest BCUT2D eigenvalue weighted by Crippen LogP contribution is 2.34. The molecule has 8 nitrogen and oxygen atoms in total. The van der Waals surface area contributed by atoms with E-state index in [1.807, 2.05) is 18.2 Å². The summed E-state index contributed by atoms with van der Waals surface area (Å²) in [6.07, 6.45) is 6.39. The number of rotatable bonds is 4. The molecule has 0 radical (unpaired) electrons. The van der Waals surface area contributed by atoms with E-state index in [2.05, 4.69) is 25.1 Å². The maximum Gasteiger partial charge on any atom is 0.261 e. The summed E-state index contributed by atoms with van der Waals surface area (Å²) in [4.78, 5) is 17.4. The van der Waals surface area contributed by atoms with Crippen LogP contribution in [0, 0.1) is 0 Å². The van der Waals surface area contributed by atoms with E-state index < -0.39 is 5.60 Å². The maximum absolute atomic E-state index is 5.69. The number of ether oxygens (including phenoxy) is 2. The summed E-state index contributed by atoms with van der Waals surface area (Å²) >= 11 is 0. The van der Waals surface area contributed by atoms with Gasteiger partial charge in [-0.05, 0) is 12.1 Å². The highest BCUT2D eigenvalue weighted by Gasteiger charge is 2.39. The molecule has 3 aromatic rings. The summed E-state index contributed by atoms with van der Waals surface area (Å²) in [6, 6.07) is 5.59. The number of hydrogen-bond donors (Lipinski definition) is 0. The van der Waals surface area contributed by atoms with Crippen LogP contribution in [-0.4, -0.2) is 45.4 Å². The molecule has 1 saturated heterocycles. The lowest BCUT2D eigenvalue weighted by molar-refractivity contribution is -0.101. The normalized spacial score (nSPS) is 16.7. The first-order valence-electron chi connectivity index (χ1n) is 8.02. The van der Waals surface area contributed by atoms with Crippen molar-refractivity contribution < 1.29 is 14.0 Å². The number of aromatic nitrogens is 5. The smallest absolute Gasteiger partial charge is 0.261 e. The number of nitrogens with zero attached hydrogens (tertiary/aromatic N) is 5. The molecule has 0 aliphatic carbocycles. The first-order chi connectivity index (χ1) is 12.3. The van der Waals surface area contributed by atoms with Crippen molar-refractivity contribution in [2.24, 2.45) is 0 Å². The molecule has 0 saturated carbocycles. The van der Waals surface area contributed by atoms with E-state index in [0.717, 1.165) is 0 Å². The van der Waals surface area contributed by atoms with E-state index in [-0.39, 0.29) is 0 Å². The Kier molecular flexibility index (Phi) is 4.21. The fourth-order valence-corrected chi connectivity index (χ4v) is 2.81. The Balaban J connectivity index is 1.60. The van der Waals surface area contributed by atoms with Crippen LogP contribution in [0.15, 0.2) is 41.3 Å². The van der Waals surface area contributed by atoms with E-state index in [4.69, 9.17) is 14.0 Å². The van der Waals surface area contributed by atoms with Crippen LogP contribution >= 0.6 is 0 Å². The maximum atomic E-state index is 5.69. The molecule has 0 amide bonds. The molecule has 0 N–H and O–H groups in total. The molecule has 1 aliphatic heterocycles. The van der Waals surface area contributed by atoms with Crippen molar-refractivity contribution in [3.05, 3.63) is 42.6 Å². The predicted molar refractivity (Wildman–Crippen MR) is 87.3 cm³/mol. The van der Waals surface area contributed by atoms with Crippen LogP contribution in [0.3, 0.4) is 0 Å². The van der Waals surface area contributed by atoms with Gasteiger partial charge < -0.3 is 14.0 Å². The first-order valence-corrected chi connectivity index (χ1v) is 8.02. The van der Waals surface area contributed by atoms with Gasteiger partial charge in [-0.1, -0.05) is 11.2 Å². The third kappa shape index (κ3) is 3.01. The molecule has 0 spiro atoms. The molecule has 3 aromatic heterocycles. The Morgan fingerprint density at radius 2 is 1.88 bits per heavy atom. The Labute approximate surface area is 144 Å². The molecular weight excluding hydrogens is 322 g/mol. The van der Waals surface area contributed by atoms with Crippen molar-refractivity contribution in [2.75, 3.05) is 20.3 Å². The van der Waals surface area contributed by atoms with Crippen molar-refractivity contribution in [3.8, 4) is 23.0 Å². The molecule has 4 heterocycles. The molecule has 0 bridgehead atoms. The van der Waals surface area contributed by atoms with E-state index in [1.165, 1.54) is 0 Å². The molecule has 1 fully saturated rings.